The summed E-state index contributed by atoms with van der Waals surface area (Å²) in [6.45, 7) is 2.57. The Hall–Kier alpha value is -3.95. The number of rotatable bonds is 7. The number of likely N-dealkylation sites (tertiary alicyclic amines) is 1. The van der Waals surface area contributed by atoms with Gasteiger partial charge in [0.15, 0.2) is 0 Å². The van der Waals surface area contributed by atoms with E-state index < -0.39 is 0 Å². The fourth-order valence-electron chi connectivity index (χ4n) is 8.07. The second-order valence-electron chi connectivity index (χ2n) is 12.9. The van der Waals surface area contributed by atoms with Gasteiger partial charge in [-0.15, -0.1) is 0 Å². The van der Waals surface area contributed by atoms with Crippen molar-refractivity contribution in [2.75, 3.05) is 19.6 Å². The highest BCUT2D eigenvalue weighted by molar-refractivity contribution is 5.98. The van der Waals surface area contributed by atoms with Gasteiger partial charge in [-0.05, 0) is 97.4 Å². The Morgan fingerprint density at radius 1 is 1.02 bits per heavy atom. The Morgan fingerprint density at radius 3 is 2.48 bits per heavy atom. The molecule has 4 aliphatic rings. The number of phenols is 1. The van der Waals surface area contributed by atoms with Crippen LogP contribution in [0.2, 0.25) is 0 Å². The van der Waals surface area contributed by atoms with Crippen molar-refractivity contribution < 1.29 is 14.7 Å². The molecule has 2 bridgehead atoms. The van der Waals surface area contributed by atoms with Gasteiger partial charge in [0.25, 0.3) is 5.91 Å². The van der Waals surface area contributed by atoms with Crippen LogP contribution in [0.15, 0.2) is 60.7 Å². The number of nitrogens with zero attached hydrogens (tertiary/aromatic N) is 2. The SMILES string of the molecule is N#Cc1ccc(-c2ccc(CCNC(=O)c3ccc4c(c3O)C35CCN(CC6CC6)C(C4)C3CCC(=O)C5)cc2)cc1. The molecule has 1 saturated heterocycles. The molecule has 7 rings (SSSR count). The van der Waals surface area contributed by atoms with Gasteiger partial charge in [0.05, 0.1) is 17.2 Å². The summed E-state index contributed by atoms with van der Waals surface area (Å²) in [5, 5.41) is 23.7. The van der Waals surface area contributed by atoms with Gasteiger partial charge < -0.3 is 10.4 Å². The topological polar surface area (TPSA) is 93.4 Å². The van der Waals surface area contributed by atoms with E-state index in [1.807, 2.05) is 30.3 Å². The molecule has 3 fully saturated rings. The first-order chi connectivity index (χ1) is 20.4. The van der Waals surface area contributed by atoms with Crippen LogP contribution in [0.1, 0.15) is 71.1 Å². The lowest BCUT2D eigenvalue weighted by atomic mass is 9.51. The molecule has 6 nitrogen and oxygen atoms in total. The minimum absolute atomic E-state index is 0.0885. The number of hydrogen-bond acceptors (Lipinski definition) is 5. The number of nitrogens with one attached hydrogen (secondary N) is 1. The van der Waals surface area contributed by atoms with Gasteiger partial charge in [0.1, 0.15) is 11.5 Å². The predicted octanol–water partition coefficient (Wildman–Crippen LogP) is 5.55. The monoisotopic (exact) mass is 559 g/mol. The van der Waals surface area contributed by atoms with E-state index in [-0.39, 0.29) is 22.9 Å². The number of amides is 1. The number of Topliss-reactive ketones (excluding diaryl/α,β-unsaturated/α-hetero) is 1. The average Bonchev–Trinajstić information content (AvgIpc) is 3.83. The number of carbonyl (C=O) groups is 2. The molecule has 1 amide bonds. The third kappa shape index (κ3) is 4.80. The smallest absolute Gasteiger partial charge is 0.255 e. The molecule has 0 aromatic heterocycles. The molecule has 0 radical (unpaired) electrons. The van der Waals surface area contributed by atoms with Crippen molar-refractivity contribution in [3.63, 3.8) is 0 Å². The van der Waals surface area contributed by atoms with Crippen molar-refractivity contribution >= 4 is 11.7 Å². The minimum atomic E-state index is -0.356. The maximum Gasteiger partial charge on any atom is 0.255 e. The summed E-state index contributed by atoms with van der Waals surface area (Å²) in [5.74, 6) is 1.28. The predicted molar refractivity (Wildman–Crippen MR) is 161 cm³/mol. The number of benzene rings is 3. The zero-order chi connectivity index (χ0) is 28.8. The molecule has 1 heterocycles. The van der Waals surface area contributed by atoms with Gasteiger partial charge in [-0.25, -0.2) is 0 Å². The number of ketones is 1. The maximum absolute atomic E-state index is 13.3. The Labute approximate surface area is 247 Å². The summed E-state index contributed by atoms with van der Waals surface area (Å²) in [7, 11) is 0. The zero-order valence-corrected chi connectivity index (χ0v) is 23.9. The van der Waals surface area contributed by atoms with Crippen LogP contribution in [0.25, 0.3) is 11.1 Å². The number of nitriles is 1. The fraction of sp³-hybridized carbons (Fsp3) is 0.417. The summed E-state index contributed by atoms with van der Waals surface area (Å²) >= 11 is 0. The zero-order valence-electron chi connectivity index (χ0n) is 23.9. The summed E-state index contributed by atoms with van der Waals surface area (Å²) < 4.78 is 0. The van der Waals surface area contributed by atoms with Gasteiger partial charge in [0.2, 0.25) is 0 Å². The largest absolute Gasteiger partial charge is 0.507 e. The van der Waals surface area contributed by atoms with Crippen molar-refractivity contribution in [2.24, 2.45) is 11.8 Å². The first-order valence-corrected chi connectivity index (χ1v) is 15.4. The molecule has 3 aromatic rings. The minimum Gasteiger partial charge on any atom is -0.507 e. The molecule has 3 unspecified atom stereocenters. The van der Waals surface area contributed by atoms with Crippen LogP contribution in [-0.2, 0) is 23.1 Å². The molecule has 2 saturated carbocycles. The summed E-state index contributed by atoms with van der Waals surface area (Å²) in [6.07, 6.45) is 7.08. The molecule has 3 aromatic carbocycles. The lowest BCUT2D eigenvalue weighted by Crippen LogP contribution is -2.62. The van der Waals surface area contributed by atoms with Gasteiger partial charge in [-0.1, -0.05) is 42.5 Å². The van der Waals surface area contributed by atoms with Crippen molar-refractivity contribution in [1.82, 2.24) is 10.2 Å². The number of aromatic hydroxyl groups is 1. The third-order valence-corrected chi connectivity index (χ3v) is 10.4. The van der Waals surface area contributed by atoms with E-state index >= 15 is 0 Å². The molecular weight excluding hydrogens is 522 g/mol. The Balaban J connectivity index is 1.06. The van der Waals surface area contributed by atoms with E-state index in [1.54, 1.807) is 6.07 Å². The highest BCUT2D eigenvalue weighted by Gasteiger charge is 2.57. The van der Waals surface area contributed by atoms with Crippen molar-refractivity contribution in [3.05, 3.63) is 88.5 Å². The highest BCUT2D eigenvalue weighted by Crippen LogP contribution is 2.58. The molecule has 3 atom stereocenters. The first kappa shape index (κ1) is 26.9. The Kier molecular flexibility index (Phi) is 6.86. The quantitative estimate of drug-likeness (QED) is 0.396. The third-order valence-electron chi connectivity index (χ3n) is 10.4. The summed E-state index contributed by atoms with van der Waals surface area (Å²) in [5.41, 5.74) is 5.83. The lowest BCUT2D eigenvalue weighted by molar-refractivity contribution is -0.127. The van der Waals surface area contributed by atoms with Gasteiger partial charge in [0, 0.05) is 43.0 Å². The molecule has 0 spiro atoms. The average molecular weight is 560 g/mol. The van der Waals surface area contributed by atoms with Gasteiger partial charge in [-0.2, -0.15) is 5.26 Å². The highest BCUT2D eigenvalue weighted by atomic mass is 16.3. The second-order valence-corrected chi connectivity index (χ2v) is 12.9. The normalized spacial score (nSPS) is 24.8. The second kappa shape index (κ2) is 10.7. The van der Waals surface area contributed by atoms with E-state index in [9.17, 15) is 14.7 Å². The van der Waals surface area contributed by atoms with E-state index in [0.29, 0.717) is 48.9 Å². The molecule has 214 valence electrons. The van der Waals surface area contributed by atoms with Gasteiger partial charge in [-0.3, -0.25) is 14.5 Å². The first-order valence-electron chi connectivity index (χ1n) is 15.4. The number of hydrogen-bond donors (Lipinski definition) is 2. The number of carbonyl (C=O) groups excluding carboxylic acids is 2. The molecule has 1 aliphatic heterocycles. The molecule has 2 N–H and O–H groups in total. The van der Waals surface area contributed by atoms with Crippen LogP contribution in [0.4, 0.5) is 0 Å². The summed E-state index contributed by atoms with van der Waals surface area (Å²) in [6, 6.07) is 22.1. The lowest BCUT2D eigenvalue weighted by Gasteiger charge is -2.58. The molecule has 42 heavy (non-hydrogen) atoms. The van der Waals surface area contributed by atoms with Crippen LogP contribution in [-0.4, -0.2) is 47.4 Å². The van der Waals surface area contributed by atoms with Crippen molar-refractivity contribution in [3.8, 4) is 22.9 Å². The molecule has 6 heteroatoms. The Bertz CT molecular complexity index is 1570. The number of fused-ring (bicyclic) bond motifs is 1. The van der Waals surface area contributed by atoms with E-state index in [0.717, 1.165) is 66.1 Å². The maximum atomic E-state index is 13.3. The van der Waals surface area contributed by atoms with Crippen LogP contribution in [0.5, 0.6) is 5.75 Å². The standard InChI is InChI=1S/C36H37N3O3/c37-21-24-5-9-27(10-6-24)26-7-3-23(4-8-26)15-17-38-35(42)30-13-11-28-19-32-31-14-12-29(40)20-36(31,33(28)34(30)41)16-18-39(32)22-25-1-2-25/h3-11,13,25,31-32,41H,1-2,12,14-20,22H2,(H,38,42). The number of phenolic OH excluding ortho intramolecular Hbond substituents is 1. The molecule has 3 aliphatic carbocycles. The molecular formula is C36H37N3O3. The number of piperidine rings is 1. The van der Waals surface area contributed by atoms with Crippen LogP contribution < -0.4 is 5.32 Å². The van der Waals surface area contributed by atoms with Crippen molar-refractivity contribution in [2.45, 2.75) is 62.8 Å². The van der Waals surface area contributed by atoms with E-state index in [4.69, 9.17) is 5.26 Å². The van der Waals surface area contributed by atoms with Gasteiger partial charge >= 0.3 is 0 Å². The van der Waals surface area contributed by atoms with E-state index in [2.05, 4.69) is 40.6 Å². The van der Waals surface area contributed by atoms with Crippen LogP contribution in [0, 0.1) is 23.2 Å². The van der Waals surface area contributed by atoms with Crippen LogP contribution in [0.3, 0.4) is 0 Å². The Morgan fingerprint density at radius 2 is 1.76 bits per heavy atom. The van der Waals surface area contributed by atoms with Crippen molar-refractivity contribution in [1.29, 1.82) is 5.26 Å². The summed E-state index contributed by atoms with van der Waals surface area (Å²) in [4.78, 5) is 28.9. The van der Waals surface area contributed by atoms with Crippen LogP contribution >= 0.6 is 0 Å². The van der Waals surface area contributed by atoms with E-state index in [1.165, 1.54) is 12.8 Å². The fourth-order valence-corrected chi connectivity index (χ4v) is 8.07.